The molecule has 1 aliphatic carbocycles. The highest BCUT2D eigenvalue weighted by atomic mass is 32.2. The van der Waals surface area contributed by atoms with Crippen LogP contribution in [0.4, 0.5) is 0 Å². The zero-order chi connectivity index (χ0) is 21.8. The fourth-order valence-electron chi connectivity index (χ4n) is 4.33. The summed E-state index contributed by atoms with van der Waals surface area (Å²) in [7, 11) is -3.67. The van der Waals surface area contributed by atoms with Gasteiger partial charge in [-0.3, -0.25) is 4.79 Å². The van der Waals surface area contributed by atoms with Gasteiger partial charge in [0.15, 0.2) is 0 Å². The number of piperidine rings is 1. The lowest BCUT2D eigenvalue weighted by Crippen LogP contribution is -2.47. The van der Waals surface area contributed by atoms with Gasteiger partial charge < -0.3 is 9.84 Å². The minimum atomic E-state index is -3.67. The number of thiophene rings is 1. The molecule has 1 saturated heterocycles. The van der Waals surface area contributed by atoms with Crippen LogP contribution in [0.2, 0.25) is 0 Å². The zero-order valence-electron chi connectivity index (χ0n) is 17.9. The molecule has 2 aromatic rings. The van der Waals surface area contributed by atoms with Gasteiger partial charge in [0, 0.05) is 36.5 Å². The predicted molar refractivity (Wildman–Crippen MR) is 118 cm³/mol. The highest BCUT2D eigenvalue weighted by Crippen LogP contribution is 2.31. The topological polar surface area (TPSA) is 105 Å². The Labute approximate surface area is 187 Å². The van der Waals surface area contributed by atoms with Gasteiger partial charge in [0.1, 0.15) is 4.21 Å². The zero-order valence-corrected chi connectivity index (χ0v) is 19.5. The number of hydrogen-bond acceptors (Lipinski definition) is 7. The van der Waals surface area contributed by atoms with Gasteiger partial charge in [-0.15, -0.1) is 11.3 Å². The molecule has 4 rings (SSSR count). The first-order valence-electron chi connectivity index (χ1n) is 11.2. The Morgan fingerprint density at radius 1 is 1.23 bits per heavy atom. The first-order valence-corrected chi connectivity index (χ1v) is 13.5. The number of hydrogen-bond donors (Lipinski definition) is 1. The van der Waals surface area contributed by atoms with Gasteiger partial charge in [-0.1, -0.05) is 37.8 Å². The molecule has 170 valence electrons. The summed E-state index contributed by atoms with van der Waals surface area (Å²) in [6.45, 7) is 2.58. The van der Waals surface area contributed by atoms with E-state index in [1.165, 1.54) is 17.1 Å². The summed E-state index contributed by atoms with van der Waals surface area (Å²) in [5.41, 5.74) is 0.631. The smallest absolute Gasteiger partial charge is 0.252 e. The van der Waals surface area contributed by atoms with Crippen molar-refractivity contribution in [2.24, 2.45) is 5.92 Å². The Hall–Kier alpha value is -1.78. The van der Waals surface area contributed by atoms with Crippen molar-refractivity contribution >= 4 is 27.3 Å². The second-order valence-electron chi connectivity index (χ2n) is 8.42. The molecule has 1 N–H and O–H groups in total. The van der Waals surface area contributed by atoms with Gasteiger partial charge in [0.05, 0.1) is 5.92 Å². The van der Waals surface area contributed by atoms with Gasteiger partial charge in [-0.25, -0.2) is 8.42 Å². The van der Waals surface area contributed by atoms with Gasteiger partial charge in [0.2, 0.25) is 17.6 Å². The molecule has 2 fully saturated rings. The Kier molecular flexibility index (Phi) is 7.08. The van der Waals surface area contributed by atoms with Crippen molar-refractivity contribution in [2.75, 3.05) is 13.1 Å². The minimum Gasteiger partial charge on any atom is -0.353 e. The minimum absolute atomic E-state index is 0.00226. The lowest BCUT2D eigenvalue weighted by atomic mass is 9.97. The van der Waals surface area contributed by atoms with Crippen LogP contribution in [0.3, 0.4) is 0 Å². The molecule has 0 unspecified atom stereocenters. The average molecular weight is 467 g/mol. The molecule has 8 nitrogen and oxygen atoms in total. The van der Waals surface area contributed by atoms with Gasteiger partial charge in [-0.05, 0) is 31.7 Å². The highest BCUT2D eigenvalue weighted by molar-refractivity contribution is 7.91. The van der Waals surface area contributed by atoms with Crippen LogP contribution in [0, 0.1) is 5.92 Å². The molecule has 1 amide bonds. The summed E-state index contributed by atoms with van der Waals surface area (Å²) in [5.74, 6) is 0.617. The molecule has 0 aromatic carbocycles. The second-order valence-corrected chi connectivity index (χ2v) is 11.5. The number of rotatable bonds is 6. The summed E-state index contributed by atoms with van der Waals surface area (Å²) in [6, 6.07) is 1.82. The maximum atomic E-state index is 13.2. The number of carbonyl (C=O) groups is 1. The Bertz CT molecular complexity index is 993. The van der Waals surface area contributed by atoms with Gasteiger partial charge in [0.25, 0.3) is 10.0 Å². The van der Waals surface area contributed by atoms with E-state index in [0.29, 0.717) is 36.7 Å². The third kappa shape index (κ3) is 5.18. The van der Waals surface area contributed by atoms with E-state index >= 15 is 0 Å². The van der Waals surface area contributed by atoms with Crippen molar-refractivity contribution in [3.05, 3.63) is 17.3 Å². The molecule has 10 heteroatoms. The molecule has 0 spiro atoms. The lowest BCUT2D eigenvalue weighted by molar-refractivity contribution is -0.126. The molecule has 31 heavy (non-hydrogen) atoms. The van der Waals surface area contributed by atoms with E-state index in [1.807, 2.05) is 6.92 Å². The van der Waals surface area contributed by atoms with E-state index in [9.17, 15) is 13.2 Å². The number of aryl methyl sites for hydroxylation is 1. The van der Waals surface area contributed by atoms with E-state index in [4.69, 9.17) is 4.52 Å². The van der Waals surface area contributed by atoms with Crippen molar-refractivity contribution in [1.29, 1.82) is 0 Å². The monoisotopic (exact) mass is 466 g/mol. The number of amides is 1. The van der Waals surface area contributed by atoms with Crippen LogP contribution in [0.5, 0.6) is 0 Å². The third-order valence-corrected chi connectivity index (χ3v) is 9.44. The van der Waals surface area contributed by atoms with Crippen LogP contribution in [0.15, 0.2) is 20.2 Å². The van der Waals surface area contributed by atoms with E-state index in [-0.39, 0.29) is 28.6 Å². The first kappa shape index (κ1) is 22.4. The third-order valence-electron chi connectivity index (χ3n) is 6.15. The Balaban J connectivity index is 1.42. The molecule has 3 heterocycles. The summed E-state index contributed by atoms with van der Waals surface area (Å²) in [5, 5.41) is 8.84. The molecule has 2 aromatic heterocycles. The number of nitrogens with one attached hydrogen (secondary N) is 1. The first-order chi connectivity index (χ1) is 15.0. The highest BCUT2D eigenvalue weighted by Gasteiger charge is 2.35. The average Bonchev–Trinajstić information content (AvgIpc) is 3.39. The maximum Gasteiger partial charge on any atom is 0.252 e. The molecule has 1 atom stereocenters. The fourth-order valence-corrected chi connectivity index (χ4v) is 7.16. The van der Waals surface area contributed by atoms with Crippen molar-refractivity contribution < 1.29 is 17.7 Å². The summed E-state index contributed by atoms with van der Waals surface area (Å²) >= 11 is 1.15. The quantitative estimate of drug-likeness (QED) is 0.652. The number of sulfonamides is 1. The summed E-state index contributed by atoms with van der Waals surface area (Å²) in [4.78, 5) is 17.1. The molecular formula is C21H30N4O4S2. The molecule has 1 aliphatic heterocycles. The lowest BCUT2D eigenvalue weighted by Gasteiger charge is -2.31. The van der Waals surface area contributed by atoms with E-state index in [2.05, 4.69) is 15.5 Å². The van der Waals surface area contributed by atoms with E-state index < -0.39 is 10.0 Å². The van der Waals surface area contributed by atoms with Crippen LogP contribution in [-0.2, 0) is 21.2 Å². The SMILES string of the molecule is CCc1nc(-c2csc(S(=O)(=O)N3CCC[C@H](C(=O)NC4CCCCCC4)C3)c2)no1. The summed E-state index contributed by atoms with van der Waals surface area (Å²) in [6.07, 6.45) is 8.84. The van der Waals surface area contributed by atoms with Crippen LogP contribution in [-0.4, -0.2) is 47.9 Å². The van der Waals surface area contributed by atoms with Gasteiger partial charge >= 0.3 is 0 Å². The van der Waals surface area contributed by atoms with E-state index in [0.717, 1.165) is 43.4 Å². The molecule has 0 radical (unpaired) electrons. The molecule has 1 saturated carbocycles. The van der Waals surface area contributed by atoms with Crippen LogP contribution in [0.25, 0.3) is 11.4 Å². The number of aromatic nitrogens is 2. The maximum absolute atomic E-state index is 13.2. The van der Waals surface area contributed by atoms with Crippen molar-refractivity contribution in [3.63, 3.8) is 0 Å². The summed E-state index contributed by atoms with van der Waals surface area (Å²) < 4.78 is 33.3. The fraction of sp³-hybridized carbons (Fsp3) is 0.667. The normalized spacial score (nSPS) is 21.6. The van der Waals surface area contributed by atoms with E-state index in [1.54, 1.807) is 11.4 Å². The van der Waals surface area contributed by atoms with Crippen molar-refractivity contribution in [3.8, 4) is 11.4 Å². The van der Waals surface area contributed by atoms with Crippen LogP contribution < -0.4 is 5.32 Å². The molecule has 0 bridgehead atoms. The molecular weight excluding hydrogens is 436 g/mol. The van der Waals surface area contributed by atoms with Crippen LogP contribution >= 0.6 is 11.3 Å². The van der Waals surface area contributed by atoms with Crippen LogP contribution in [0.1, 0.15) is 64.2 Å². The largest absolute Gasteiger partial charge is 0.353 e. The van der Waals surface area contributed by atoms with Crippen molar-refractivity contribution in [2.45, 2.75) is 75.0 Å². The predicted octanol–water partition coefficient (Wildman–Crippen LogP) is 3.60. The Morgan fingerprint density at radius 3 is 2.71 bits per heavy atom. The number of nitrogens with zero attached hydrogens (tertiary/aromatic N) is 3. The van der Waals surface area contributed by atoms with Crippen molar-refractivity contribution in [1.82, 2.24) is 19.8 Å². The standard InChI is InChI=1S/C21H30N4O4S2/c1-2-18-23-20(24-29-18)16-12-19(30-14-16)31(27,28)25-11-7-8-15(13-25)21(26)22-17-9-5-3-4-6-10-17/h12,14-15,17H,2-11,13H2,1H3,(H,22,26)/t15-/m0/s1. The number of carbonyl (C=O) groups excluding carboxylic acids is 1. The Morgan fingerprint density at radius 2 is 2.00 bits per heavy atom. The van der Waals surface area contributed by atoms with Gasteiger partial charge in [-0.2, -0.15) is 9.29 Å². The molecule has 2 aliphatic rings. The second kappa shape index (κ2) is 9.79.